The minimum absolute atomic E-state index is 0.0292. The Morgan fingerprint density at radius 1 is 1.29 bits per heavy atom. The second-order valence-electron chi connectivity index (χ2n) is 5.87. The molecule has 6 heteroatoms. The van der Waals surface area contributed by atoms with Crippen molar-refractivity contribution in [2.75, 3.05) is 13.7 Å². The van der Waals surface area contributed by atoms with Gasteiger partial charge in [-0.25, -0.2) is 0 Å². The maximum absolute atomic E-state index is 12.3. The number of amides is 2. The molecule has 0 spiro atoms. The first-order chi connectivity index (χ1) is 11.7. The largest absolute Gasteiger partial charge is 0.497 e. The molecule has 1 aliphatic heterocycles. The van der Waals surface area contributed by atoms with Crippen molar-refractivity contribution < 1.29 is 14.3 Å². The molecule has 1 aromatic heterocycles. The van der Waals surface area contributed by atoms with Crippen LogP contribution in [0.15, 0.2) is 41.1 Å². The summed E-state index contributed by atoms with van der Waals surface area (Å²) >= 11 is 1.61. The maximum Gasteiger partial charge on any atom is 0.225 e. The molecule has 3 rings (SSSR count). The average Bonchev–Trinajstić information content (AvgIpc) is 3.24. The summed E-state index contributed by atoms with van der Waals surface area (Å²) in [5.74, 6) is 0.500. The van der Waals surface area contributed by atoms with E-state index in [4.69, 9.17) is 4.74 Å². The number of nitrogens with zero attached hydrogens (tertiary/aromatic N) is 1. The van der Waals surface area contributed by atoms with Crippen LogP contribution in [0.3, 0.4) is 0 Å². The number of benzene rings is 1. The normalized spacial score (nSPS) is 17.1. The zero-order chi connectivity index (χ0) is 16.9. The molecule has 2 heterocycles. The number of hydrogen-bond donors (Lipinski definition) is 1. The van der Waals surface area contributed by atoms with Gasteiger partial charge < -0.3 is 15.0 Å². The number of carbonyl (C=O) groups excluding carboxylic acids is 2. The molecule has 1 saturated heterocycles. The summed E-state index contributed by atoms with van der Waals surface area (Å²) in [7, 11) is 1.62. The van der Waals surface area contributed by atoms with Gasteiger partial charge in [-0.1, -0.05) is 12.1 Å². The molecule has 2 aromatic rings. The number of carbonyl (C=O) groups is 2. The number of thiophene rings is 1. The summed E-state index contributed by atoms with van der Waals surface area (Å²) in [5.41, 5.74) is 2.12. The van der Waals surface area contributed by atoms with E-state index in [2.05, 4.69) is 5.32 Å². The highest BCUT2D eigenvalue weighted by molar-refractivity contribution is 7.07. The molecule has 1 N–H and O–H groups in total. The van der Waals surface area contributed by atoms with E-state index in [0.29, 0.717) is 19.6 Å². The number of hydrogen-bond acceptors (Lipinski definition) is 4. The van der Waals surface area contributed by atoms with Gasteiger partial charge in [-0.05, 0) is 40.1 Å². The van der Waals surface area contributed by atoms with Crippen LogP contribution >= 0.6 is 11.3 Å². The highest BCUT2D eigenvalue weighted by atomic mass is 32.1. The Balaban J connectivity index is 1.53. The summed E-state index contributed by atoms with van der Waals surface area (Å²) in [5, 5.41) is 6.91. The SMILES string of the molecule is COc1ccc(CN2CC(C(=O)NCc3ccsc3)CC2=O)cc1. The van der Waals surface area contributed by atoms with Crippen LogP contribution in [0.25, 0.3) is 0 Å². The van der Waals surface area contributed by atoms with Gasteiger partial charge in [0.25, 0.3) is 0 Å². The molecule has 0 saturated carbocycles. The fraction of sp³-hybridized carbons (Fsp3) is 0.333. The first kappa shape index (κ1) is 16.5. The molecule has 1 atom stereocenters. The molecule has 1 aliphatic rings. The summed E-state index contributed by atoms with van der Waals surface area (Å²) in [6.45, 7) is 1.52. The molecule has 1 aromatic carbocycles. The van der Waals surface area contributed by atoms with Crippen molar-refractivity contribution in [1.82, 2.24) is 10.2 Å². The zero-order valence-corrected chi connectivity index (χ0v) is 14.3. The quantitative estimate of drug-likeness (QED) is 0.875. The van der Waals surface area contributed by atoms with E-state index < -0.39 is 0 Å². The number of rotatable bonds is 6. The third kappa shape index (κ3) is 3.94. The van der Waals surface area contributed by atoms with Crippen molar-refractivity contribution in [3.8, 4) is 5.75 Å². The molecule has 1 fully saturated rings. The Morgan fingerprint density at radius 2 is 2.08 bits per heavy atom. The predicted molar refractivity (Wildman–Crippen MR) is 92.7 cm³/mol. The Labute approximate surface area is 145 Å². The lowest BCUT2D eigenvalue weighted by molar-refractivity contribution is -0.129. The first-order valence-electron chi connectivity index (χ1n) is 7.85. The van der Waals surface area contributed by atoms with E-state index >= 15 is 0 Å². The first-order valence-corrected chi connectivity index (χ1v) is 8.79. The van der Waals surface area contributed by atoms with Crippen LogP contribution in [0, 0.1) is 5.92 Å². The van der Waals surface area contributed by atoms with Gasteiger partial charge >= 0.3 is 0 Å². The molecule has 0 bridgehead atoms. The molecule has 1 unspecified atom stereocenters. The van der Waals surface area contributed by atoms with Crippen molar-refractivity contribution in [1.29, 1.82) is 0 Å². The molecular formula is C18H20N2O3S. The smallest absolute Gasteiger partial charge is 0.225 e. The molecule has 24 heavy (non-hydrogen) atoms. The van der Waals surface area contributed by atoms with E-state index in [0.717, 1.165) is 16.9 Å². The number of nitrogens with one attached hydrogen (secondary N) is 1. The van der Waals surface area contributed by atoms with Gasteiger partial charge in [0, 0.05) is 26.1 Å². The van der Waals surface area contributed by atoms with Crippen LogP contribution in [0.4, 0.5) is 0 Å². The van der Waals surface area contributed by atoms with Crippen molar-refractivity contribution >= 4 is 23.2 Å². The fourth-order valence-electron chi connectivity index (χ4n) is 2.78. The van der Waals surface area contributed by atoms with Gasteiger partial charge in [0.1, 0.15) is 5.75 Å². The zero-order valence-electron chi connectivity index (χ0n) is 13.5. The molecule has 2 amide bonds. The Bertz CT molecular complexity index is 698. The second-order valence-corrected chi connectivity index (χ2v) is 6.65. The van der Waals surface area contributed by atoms with Gasteiger partial charge in [0.05, 0.1) is 13.0 Å². The van der Waals surface area contributed by atoms with Crippen molar-refractivity contribution in [2.45, 2.75) is 19.5 Å². The van der Waals surface area contributed by atoms with Crippen molar-refractivity contribution in [3.05, 3.63) is 52.2 Å². The lowest BCUT2D eigenvalue weighted by Crippen LogP contribution is -2.32. The van der Waals surface area contributed by atoms with Gasteiger partial charge in [-0.2, -0.15) is 11.3 Å². The van der Waals surface area contributed by atoms with E-state index in [-0.39, 0.29) is 24.2 Å². The lowest BCUT2D eigenvalue weighted by atomic mass is 10.1. The summed E-state index contributed by atoms with van der Waals surface area (Å²) in [4.78, 5) is 26.2. The number of ether oxygens (including phenoxy) is 1. The number of likely N-dealkylation sites (tertiary alicyclic amines) is 1. The van der Waals surface area contributed by atoms with E-state index in [9.17, 15) is 9.59 Å². The van der Waals surface area contributed by atoms with Crippen molar-refractivity contribution in [3.63, 3.8) is 0 Å². The second kappa shape index (κ2) is 7.49. The fourth-order valence-corrected chi connectivity index (χ4v) is 3.45. The molecule has 0 aliphatic carbocycles. The highest BCUT2D eigenvalue weighted by Gasteiger charge is 2.34. The monoisotopic (exact) mass is 344 g/mol. The topological polar surface area (TPSA) is 58.6 Å². The molecule has 5 nitrogen and oxygen atoms in total. The lowest BCUT2D eigenvalue weighted by Gasteiger charge is -2.17. The van der Waals surface area contributed by atoms with Gasteiger partial charge in [0.15, 0.2) is 0 Å². The van der Waals surface area contributed by atoms with E-state index in [1.807, 2.05) is 41.1 Å². The van der Waals surface area contributed by atoms with Gasteiger partial charge in [-0.15, -0.1) is 0 Å². The van der Waals surface area contributed by atoms with Crippen LogP contribution in [-0.4, -0.2) is 30.4 Å². The Hall–Kier alpha value is -2.34. The maximum atomic E-state index is 12.3. The third-order valence-electron chi connectivity index (χ3n) is 4.16. The molecule has 0 radical (unpaired) electrons. The summed E-state index contributed by atoms with van der Waals surface area (Å²) in [6, 6.07) is 9.62. The Kier molecular flexibility index (Phi) is 5.15. The minimum Gasteiger partial charge on any atom is -0.497 e. The van der Waals surface area contributed by atoms with Crippen LogP contribution in [0.5, 0.6) is 5.75 Å². The van der Waals surface area contributed by atoms with Crippen LogP contribution in [0.1, 0.15) is 17.5 Å². The standard InChI is InChI=1S/C18H20N2O3S/c1-23-16-4-2-13(3-5-16)10-20-11-15(8-17(20)21)18(22)19-9-14-6-7-24-12-14/h2-7,12,15H,8-11H2,1H3,(H,19,22). The predicted octanol–water partition coefficient (Wildman–Crippen LogP) is 2.42. The molecule has 126 valence electrons. The average molecular weight is 344 g/mol. The van der Waals surface area contributed by atoms with Gasteiger partial charge in [0.2, 0.25) is 11.8 Å². The Morgan fingerprint density at radius 3 is 2.75 bits per heavy atom. The van der Waals surface area contributed by atoms with Gasteiger partial charge in [-0.3, -0.25) is 9.59 Å². The van der Waals surface area contributed by atoms with Crippen LogP contribution in [0.2, 0.25) is 0 Å². The minimum atomic E-state index is -0.269. The van der Waals surface area contributed by atoms with E-state index in [1.54, 1.807) is 23.3 Å². The highest BCUT2D eigenvalue weighted by Crippen LogP contribution is 2.21. The molecular weight excluding hydrogens is 324 g/mol. The van der Waals surface area contributed by atoms with Crippen LogP contribution in [-0.2, 0) is 22.7 Å². The van der Waals surface area contributed by atoms with Crippen LogP contribution < -0.4 is 10.1 Å². The van der Waals surface area contributed by atoms with Crippen molar-refractivity contribution in [2.24, 2.45) is 5.92 Å². The van der Waals surface area contributed by atoms with E-state index in [1.165, 1.54) is 0 Å². The third-order valence-corrected chi connectivity index (χ3v) is 4.90. The summed E-state index contributed by atoms with van der Waals surface area (Å²) < 4.78 is 5.13. The summed E-state index contributed by atoms with van der Waals surface area (Å²) in [6.07, 6.45) is 0.283. The number of methoxy groups -OCH3 is 1.